The average molecular weight is 174 g/mol. The van der Waals surface area contributed by atoms with Crippen molar-refractivity contribution < 1.29 is 0 Å². The molecule has 0 aliphatic heterocycles. The second-order valence-corrected chi connectivity index (χ2v) is 2.63. The number of hydrogen-bond acceptors (Lipinski definition) is 4. The maximum absolute atomic E-state index is 4.28. The molecule has 0 aromatic carbocycles. The van der Waals surface area contributed by atoms with Gasteiger partial charge >= 0.3 is 0 Å². The summed E-state index contributed by atoms with van der Waals surface area (Å²) in [5, 5.41) is 3.09. The molecule has 66 valence electrons. The van der Waals surface area contributed by atoms with Crippen molar-refractivity contribution in [2.45, 2.75) is 6.92 Å². The number of hydrogen-bond donors (Lipinski definition) is 1. The van der Waals surface area contributed by atoms with Crippen LogP contribution < -0.4 is 5.32 Å². The third kappa shape index (κ3) is 1.56. The predicted octanol–water partition coefficient (Wildman–Crippen LogP) is 1.46. The molecular formula is C9H10N4. The lowest BCUT2D eigenvalue weighted by molar-refractivity contribution is 1.14. The van der Waals surface area contributed by atoms with Gasteiger partial charge in [0.1, 0.15) is 11.3 Å². The van der Waals surface area contributed by atoms with Crippen molar-refractivity contribution in [2.24, 2.45) is 0 Å². The van der Waals surface area contributed by atoms with E-state index in [1.165, 1.54) is 0 Å². The van der Waals surface area contributed by atoms with Crippen molar-refractivity contribution in [1.29, 1.82) is 0 Å². The van der Waals surface area contributed by atoms with E-state index in [0.717, 1.165) is 17.9 Å². The van der Waals surface area contributed by atoms with E-state index >= 15 is 0 Å². The summed E-state index contributed by atoms with van der Waals surface area (Å²) < 4.78 is 0. The number of nitrogens with zero attached hydrogens (tertiary/aromatic N) is 3. The molecule has 13 heavy (non-hydrogen) atoms. The Kier molecular flexibility index (Phi) is 2.04. The maximum Gasteiger partial charge on any atom is 0.180 e. The van der Waals surface area contributed by atoms with Gasteiger partial charge in [0.05, 0.1) is 6.20 Å². The lowest BCUT2D eigenvalue weighted by Gasteiger charge is -2.01. The summed E-state index contributed by atoms with van der Waals surface area (Å²) in [5.41, 5.74) is 1.50. The number of aromatic nitrogens is 3. The van der Waals surface area contributed by atoms with Crippen LogP contribution in [0.4, 0.5) is 5.82 Å². The normalized spacial score (nSPS) is 10.2. The van der Waals surface area contributed by atoms with Gasteiger partial charge < -0.3 is 5.32 Å². The van der Waals surface area contributed by atoms with Crippen LogP contribution in [0.1, 0.15) is 6.92 Å². The molecule has 0 atom stereocenters. The molecule has 0 saturated heterocycles. The summed E-state index contributed by atoms with van der Waals surface area (Å²) in [6.45, 7) is 2.86. The topological polar surface area (TPSA) is 50.7 Å². The minimum Gasteiger partial charge on any atom is -0.369 e. The van der Waals surface area contributed by atoms with E-state index in [1.54, 1.807) is 12.4 Å². The van der Waals surface area contributed by atoms with E-state index in [-0.39, 0.29) is 0 Å². The van der Waals surface area contributed by atoms with Crippen LogP contribution in [-0.2, 0) is 0 Å². The van der Waals surface area contributed by atoms with E-state index in [4.69, 9.17) is 0 Å². The van der Waals surface area contributed by atoms with Crippen LogP contribution in [0.2, 0.25) is 0 Å². The minimum absolute atomic E-state index is 0.681. The molecule has 0 aliphatic carbocycles. The zero-order chi connectivity index (χ0) is 9.10. The van der Waals surface area contributed by atoms with Gasteiger partial charge in [-0.2, -0.15) is 0 Å². The number of fused-ring (bicyclic) bond motifs is 1. The fourth-order valence-corrected chi connectivity index (χ4v) is 1.12. The van der Waals surface area contributed by atoms with E-state index in [9.17, 15) is 0 Å². The van der Waals surface area contributed by atoms with Gasteiger partial charge in [0.15, 0.2) is 5.65 Å². The first-order chi connectivity index (χ1) is 6.40. The highest BCUT2D eigenvalue weighted by Gasteiger charge is 1.97. The van der Waals surface area contributed by atoms with Gasteiger partial charge in [-0.25, -0.2) is 15.0 Å². The molecule has 0 aliphatic rings. The highest BCUT2D eigenvalue weighted by atomic mass is 15.0. The van der Waals surface area contributed by atoms with Gasteiger partial charge in [-0.3, -0.25) is 0 Å². The fraction of sp³-hybridized carbons (Fsp3) is 0.222. The van der Waals surface area contributed by atoms with Crippen LogP contribution in [0, 0.1) is 0 Å². The molecule has 0 saturated carbocycles. The molecule has 2 rings (SSSR count). The quantitative estimate of drug-likeness (QED) is 0.748. The largest absolute Gasteiger partial charge is 0.369 e. The first kappa shape index (κ1) is 7.91. The Labute approximate surface area is 76.1 Å². The Morgan fingerprint density at radius 1 is 1.38 bits per heavy atom. The summed E-state index contributed by atoms with van der Waals surface area (Å²) >= 11 is 0. The van der Waals surface area contributed by atoms with E-state index in [2.05, 4.69) is 20.3 Å². The number of rotatable bonds is 2. The zero-order valence-electron chi connectivity index (χ0n) is 7.36. The number of pyridine rings is 1. The molecule has 4 heteroatoms. The highest BCUT2D eigenvalue weighted by molar-refractivity contribution is 5.70. The van der Waals surface area contributed by atoms with Crippen LogP contribution >= 0.6 is 0 Å². The highest BCUT2D eigenvalue weighted by Crippen LogP contribution is 2.07. The van der Waals surface area contributed by atoms with Gasteiger partial charge in [0.25, 0.3) is 0 Å². The summed E-state index contributed by atoms with van der Waals surface area (Å²) in [6, 6.07) is 3.75. The fourth-order valence-electron chi connectivity index (χ4n) is 1.12. The number of nitrogens with one attached hydrogen (secondary N) is 1. The summed E-state index contributed by atoms with van der Waals surface area (Å²) in [6.07, 6.45) is 3.43. The van der Waals surface area contributed by atoms with Crippen molar-refractivity contribution >= 4 is 17.0 Å². The van der Waals surface area contributed by atoms with Crippen molar-refractivity contribution in [3.05, 3.63) is 24.5 Å². The molecule has 0 amide bonds. The summed E-state index contributed by atoms with van der Waals surface area (Å²) in [5.74, 6) is 0.772. The first-order valence-electron chi connectivity index (χ1n) is 4.22. The second-order valence-electron chi connectivity index (χ2n) is 2.63. The SMILES string of the molecule is CCNc1cnc2cccnc2n1. The van der Waals surface area contributed by atoms with Crippen molar-refractivity contribution in [1.82, 2.24) is 15.0 Å². The van der Waals surface area contributed by atoms with E-state index in [1.807, 2.05) is 19.1 Å². The summed E-state index contributed by atoms with van der Waals surface area (Å²) in [4.78, 5) is 12.6. The Bertz CT molecular complexity index is 413. The zero-order valence-corrected chi connectivity index (χ0v) is 7.36. The lowest BCUT2D eigenvalue weighted by Crippen LogP contribution is -2.00. The first-order valence-corrected chi connectivity index (χ1v) is 4.22. The Balaban J connectivity index is 2.49. The molecule has 4 nitrogen and oxygen atoms in total. The van der Waals surface area contributed by atoms with Gasteiger partial charge in [0, 0.05) is 12.7 Å². The van der Waals surface area contributed by atoms with Crippen molar-refractivity contribution in [2.75, 3.05) is 11.9 Å². The van der Waals surface area contributed by atoms with Crippen molar-refractivity contribution in [3.63, 3.8) is 0 Å². The minimum atomic E-state index is 0.681. The van der Waals surface area contributed by atoms with Crippen LogP contribution in [0.3, 0.4) is 0 Å². The average Bonchev–Trinajstić information content (AvgIpc) is 2.18. The Morgan fingerprint density at radius 3 is 3.15 bits per heavy atom. The molecule has 1 N–H and O–H groups in total. The van der Waals surface area contributed by atoms with Crippen LogP contribution in [0.5, 0.6) is 0 Å². The predicted molar refractivity (Wildman–Crippen MR) is 51.5 cm³/mol. The number of anilines is 1. The van der Waals surface area contributed by atoms with Crippen molar-refractivity contribution in [3.8, 4) is 0 Å². The van der Waals surface area contributed by atoms with Crippen LogP contribution in [0.25, 0.3) is 11.2 Å². The van der Waals surface area contributed by atoms with Crippen LogP contribution in [0.15, 0.2) is 24.5 Å². The third-order valence-electron chi connectivity index (χ3n) is 1.68. The summed E-state index contributed by atoms with van der Waals surface area (Å²) in [7, 11) is 0. The molecule has 0 radical (unpaired) electrons. The van der Waals surface area contributed by atoms with E-state index < -0.39 is 0 Å². The molecule has 0 fully saturated rings. The lowest BCUT2D eigenvalue weighted by atomic mass is 10.4. The van der Waals surface area contributed by atoms with Gasteiger partial charge in [-0.15, -0.1) is 0 Å². The molecule has 0 unspecified atom stereocenters. The molecule has 0 spiro atoms. The molecule has 0 bridgehead atoms. The smallest absolute Gasteiger partial charge is 0.180 e. The third-order valence-corrected chi connectivity index (χ3v) is 1.68. The molecule has 2 aromatic heterocycles. The van der Waals surface area contributed by atoms with Gasteiger partial charge in [-0.05, 0) is 19.1 Å². The second kappa shape index (κ2) is 3.35. The Morgan fingerprint density at radius 2 is 2.31 bits per heavy atom. The monoisotopic (exact) mass is 174 g/mol. The molecular weight excluding hydrogens is 164 g/mol. The van der Waals surface area contributed by atoms with E-state index in [0.29, 0.717) is 5.65 Å². The van der Waals surface area contributed by atoms with Gasteiger partial charge in [-0.1, -0.05) is 0 Å². The molecule has 2 aromatic rings. The standard InChI is InChI=1S/C9H10N4/c1-2-10-8-6-12-7-4-3-5-11-9(7)13-8/h3-6H,2H2,1H3,(H,10,11,13). The van der Waals surface area contributed by atoms with Gasteiger partial charge in [0.2, 0.25) is 0 Å². The van der Waals surface area contributed by atoms with Crippen LogP contribution in [-0.4, -0.2) is 21.5 Å². The molecule has 2 heterocycles. The Hall–Kier alpha value is -1.71. The maximum atomic E-state index is 4.28.